The second kappa shape index (κ2) is 8.60. The minimum atomic E-state index is -0.168. The summed E-state index contributed by atoms with van der Waals surface area (Å²) < 4.78 is 11.1. The van der Waals surface area contributed by atoms with E-state index in [0.29, 0.717) is 12.1 Å². The van der Waals surface area contributed by atoms with E-state index in [9.17, 15) is 0 Å². The fourth-order valence-corrected chi connectivity index (χ4v) is 4.43. The largest absolute Gasteiger partial charge is 0.379 e. The van der Waals surface area contributed by atoms with Crippen LogP contribution in [0.15, 0.2) is 0 Å². The van der Waals surface area contributed by atoms with E-state index in [4.69, 9.17) is 15.2 Å². The van der Waals surface area contributed by atoms with Crippen LogP contribution in [0.3, 0.4) is 0 Å². The smallest absolute Gasteiger partial charge is 0.0594 e. The van der Waals surface area contributed by atoms with Crippen LogP contribution < -0.4 is 5.73 Å². The zero-order chi connectivity index (χ0) is 16.0. The van der Waals surface area contributed by atoms with Crippen molar-refractivity contribution in [1.82, 2.24) is 9.80 Å². The third-order valence-electron chi connectivity index (χ3n) is 5.60. The van der Waals surface area contributed by atoms with Crippen LogP contribution in [0.4, 0.5) is 0 Å². The molecule has 2 atom stereocenters. The van der Waals surface area contributed by atoms with Gasteiger partial charge in [0, 0.05) is 43.8 Å². The molecular formula is C17H35N3O2. The molecule has 2 rings (SSSR count). The van der Waals surface area contributed by atoms with Crippen molar-refractivity contribution in [2.24, 2.45) is 5.73 Å². The number of nitrogens with two attached hydrogens (primary N) is 1. The SMILES string of the molecule is CCC(N1CCOCC1)C(N)(CC)C(CC)N1CCOCC1. The average Bonchev–Trinajstić information content (AvgIpc) is 2.58. The first kappa shape index (κ1) is 18.1. The fourth-order valence-electron chi connectivity index (χ4n) is 4.43. The molecule has 0 radical (unpaired) electrons. The van der Waals surface area contributed by atoms with Crippen LogP contribution in [0, 0.1) is 0 Å². The van der Waals surface area contributed by atoms with Crippen molar-refractivity contribution in [3.8, 4) is 0 Å². The summed E-state index contributed by atoms with van der Waals surface area (Å²) in [4.78, 5) is 5.13. The quantitative estimate of drug-likeness (QED) is 0.768. The highest BCUT2D eigenvalue weighted by molar-refractivity contribution is 5.05. The Labute approximate surface area is 136 Å². The van der Waals surface area contributed by atoms with Crippen molar-refractivity contribution in [3.63, 3.8) is 0 Å². The maximum absolute atomic E-state index is 7.10. The molecule has 130 valence electrons. The number of hydrogen-bond acceptors (Lipinski definition) is 5. The predicted octanol–water partition coefficient (Wildman–Crippen LogP) is 1.32. The molecule has 2 N–H and O–H groups in total. The molecule has 0 bridgehead atoms. The van der Waals surface area contributed by atoms with E-state index >= 15 is 0 Å². The van der Waals surface area contributed by atoms with Gasteiger partial charge in [0.05, 0.1) is 26.4 Å². The highest BCUT2D eigenvalue weighted by Gasteiger charge is 2.44. The summed E-state index contributed by atoms with van der Waals surface area (Å²) in [6.07, 6.45) is 3.22. The molecule has 0 aromatic carbocycles. The van der Waals surface area contributed by atoms with E-state index in [1.807, 2.05) is 0 Å². The molecule has 2 heterocycles. The van der Waals surface area contributed by atoms with E-state index < -0.39 is 0 Å². The average molecular weight is 313 g/mol. The zero-order valence-electron chi connectivity index (χ0n) is 14.7. The lowest BCUT2D eigenvalue weighted by atomic mass is 9.76. The summed E-state index contributed by atoms with van der Waals surface area (Å²) in [5.41, 5.74) is 6.94. The lowest BCUT2D eigenvalue weighted by molar-refractivity contribution is -0.0468. The summed E-state index contributed by atoms with van der Waals surface area (Å²) in [7, 11) is 0. The molecule has 2 aliphatic heterocycles. The highest BCUT2D eigenvalue weighted by atomic mass is 16.5. The molecule has 5 nitrogen and oxygen atoms in total. The van der Waals surface area contributed by atoms with Gasteiger partial charge in [-0.05, 0) is 19.3 Å². The standard InChI is InChI=1S/C17H35N3O2/c1-4-15(19-7-11-21-12-8-19)17(18,6-3)16(5-2)20-9-13-22-14-10-20/h15-16H,4-14,18H2,1-3H3. The first-order valence-corrected chi connectivity index (χ1v) is 9.09. The zero-order valence-corrected chi connectivity index (χ0v) is 14.7. The van der Waals surface area contributed by atoms with Crippen LogP contribution in [0.25, 0.3) is 0 Å². The monoisotopic (exact) mass is 313 g/mol. The molecule has 2 saturated heterocycles. The topological polar surface area (TPSA) is 51.0 Å². The van der Waals surface area contributed by atoms with E-state index in [-0.39, 0.29) is 5.54 Å². The number of ether oxygens (including phenoxy) is 2. The Morgan fingerprint density at radius 3 is 1.45 bits per heavy atom. The maximum Gasteiger partial charge on any atom is 0.0594 e. The van der Waals surface area contributed by atoms with E-state index in [1.54, 1.807) is 0 Å². The van der Waals surface area contributed by atoms with Crippen LogP contribution >= 0.6 is 0 Å². The molecule has 2 fully saturated rings. The Morgan fingerprint density at radius 2 is 1.18 bits per heavy atom. The first-order valence-electron chi connectivity index (χ1n) is 9.09. The summed E-state index contributed by atoms with van der Waals surface area (Å²) >= 11 is 0. The third kappa shape index (κ3) is 3.82. The van der Waals surface area contributed by atoms with Crippen molar-refractivity contribution in [2.45, 2.75) is 57.7 Å². The summed E-state index contributed by atoms with van der Waals surface area (Å²) in [6, 6.07) is 0.850. The molecule has 0 aliphatic carbocycles. The second-order valence-corrected chi connectivity index (χ2v) is 6.61. The lowest BCUT2D eigenvalue weighted by Gasteiger charge is -2.52. The van der Waals surface area contributed by atoms with Crippen molar-refractivity contribution < 1.29 is 9.47 Å². The van der Waals surface area contributed by atoms with E-state index in [2.05, 4.69) is 30.6 Å². The summed E-state index contributed by atoms with van der Waals surface area (Å²) in [6.45, 7) is 14.2. The molecular weight excluding hydrogens is 278 g/mol. The van der Waals surface area contributed by atoms with Gasteiger partial charge in [-0.2, -0.15) is 0 Å². The second-order valence-electron chi connectivity index (χ2n) is 6.61. The molecule has 0 aromatic heterocycles. The fraction of sp³-hybridized carbons (Fsp3) is 1.00. The summed E-state index contributed by atoms with van der Waals surface area (Å²) in [5.74, 6) is 0. The van der Waals surface area contributed by atoms with Crippen LogP contribution in [0.2, 0.25) is 0 Å². The lowest BCUT2D eigenvalue weighted by Crippen LogP contribution is -2.69. The van der Waals surface area contributed by atoms with Crippen LogP contribution in [0.1, 0.15) is 40.0 Å². The molecule has 0 aromatic rings. The van der Waals surface area contributed by atoms with Crippen molar-refractivity contribution >= 4 is 0 Å². The van der Waals surface area contributed by atoms with E-state index in [1.165, 1.54) is 0 Å². The summed E-state index contributed by atoms with van der Waals surface area (Å²) in [5, 5.41) is 0. The molecule has 0 amide bonds. The molecule has 2 aliphatic rings. The van der Waals surface area contributed by atoms with Gasteiger partial charge in [-0.25, -0.2) is 0 Å². The van der Waals surface area contributed by atoms with Crippen molar-refractivity contribution in [1.29, 1.82) is 0 Å². The van der Waals surface area contributed by atoms with Crippen molar-refractivity contribution in [2.75, 3.05) is 52.6 Å². The highest BCUT2D eigenvalue weighted by Crippen LogP contribution is 2.30. The Balaban J connectivity index is 2.17. The van der Waals surface area contributed by atoms with Gasteiger partial charge in [0.1, 0.15) is 0 Å². The molecule has 0 spiro atoms. The molecule has 2 unspecified atom stereocenters. The van der Waals surface area contributed by atoms with Gasteiger partial charge in [0.25, 0.3) is 0 Å². The first-order chi connectivity index (χ1) is 10.7. The Kier molecular flexibility index (Phi) is 7.09. The van der Waals surface area contributed by atoms with Crippen LogP contribution in [-0.4, -0.2) is 80.0 Å². The third-order valence-corrected chi connectivity index (χ3v) is 5.60. The number of morpholine rings is 2. The molecule has 0 saturated carbocycles. The minimum Gasteiger partial charge on any atom is -0.379 e. The van der Waals surface area contributed by atoms with Gasteiger partial charge >= 0.3 is 0 Å². The van der Waals surface area contributed by atoms with Crippen molar-refractivity contribution in [3.05, 3.63) is 0 Å². The van der Waals surface area contributed by atoms with Gasteiger partial charge in [-0.3, -0.25) is 9.80 Å². The molecule has 22 heavy (non-hydrogen) atoms. The maximum atomic E-state index is 7.10. The Bertz CT molecular complexity index is 289. The minimum absolute atomic E-state index is 0.168. The van der Waals surface area contributed by atoms with Gasteiger partial charge in [0.15, 0.2) is 0 Å². The van der Waals surface area contributed by atoms with Crippen LogP contribution in [0.5, 0.6) is 0 Å². The number of rotatable bonds is 7. The van der Waals surface area contributed by atoms with Gasteiger partial charge in [-0.1, -0.05) is 20.8 Å². The normalized spacial score (nSPS) is 27.3. The van der Waals surface area contributed by atoms with Gasteiger partial charge < -0.3 is 15.2 Å². The number of nitrogens with zero attached hydrogens (tertiary/aromatic N) is 2. The van der Waals surface area contributed by atoms with Crippen LogP contribution in [-0.2, 0) is 9.47 Å². The van der Waals surface area contributed by atoms with Gasteiger partial charge in [0.2, 0.25) is 0 Å². The van der Waals surface area contributed by atoms with Gasteiger partial charge in [-0.15, -0.1) is 0 Å². The Hall–Kier alpha value is -0.200. The predicted molar refractivity (Wildman–Crippen MR) is 90.2 cm³/mol. The molecule has 5 heteroatoms. The Morgan fingerprint density at radius 1 is 0.818 bits per heavy atom. The van der Waals surface area contributed by atoms with E-state index in [0.717, 1.165) is 71.9 Å². The number of hydrogen-bond donors (Lipinski definition) is 1.